The smallest absolute Gasteiger partial charge is 0.251 e. The number of hydrogen-bond acceptors (Lipinski definition) is 5. The van der Waals surface area contributed by atoms with Gasteiger partial charge in [0.15, 0.2) is 0 Å². The van der Waals surface area contributed by atoms with E-state index < -0.39 is 6.04 Å². The molecule has 3 aromatic carbocycles. The van der Waals surface area contributed by atoms with Crippen molar-refractivity contribution < 1.29 is 18.7 Å². The Hall–Kier alpha value is -3.20. The number of carbonyl (C=O) groups is 2. The number of rotatable bonds is 11. The largest absolute Gasteiger partial charge is 0.378 e. The van der Waals surface area contributed by atoms with Gasteiger partial charge in [0, 0.05) is 48.7 Å². The van der Waals surface area contributed by atoms with Gasteiger partial charge in [0.2, 0.25) is 5.91 Å². The topological polar surface area (TPSA) is 70.7 Å². The highest BCUT2D eigenvalue weighted by atomic mass is 32.2. The summed E-state index contributed by atoms with van der Waals surface area (Å²) in [5.41, 5.74) is 3.82. The van der Waals surface area contributed by atoms with E-state index in [0.717, 1.165) is 35.4 Å². The van der Waals surface area contributed by atoms with Gasteiger partial charge in [0.05, 0.1) is 13.2 Å². The molecule has 8 heteroatoms. The highest BCUT2D eigenvalue weighted by Gasteiger charge is 2.37. The summed E-state index contributed by atoms with van der Waals surface area (Å²) in [6.07, 6.45) is 1.05. The van der Waals surface area contributed by atoms with Gasteiger partial charge in [-0.15, -0.1) is 0 Å². The van der Waals surface area contributed by atoms with Gasteiger partial charge < -0.3 is 20.3 Å². The molecule has 2 aliphatic rings. The van der Waals surface area contributed by atoms with Crippen LogP contribution in [0.5, 0.6) is 0 Å². The average molecular weight is 548 g/mol. The molecule has 1 unspecified atom stereocenters. The van der Waals surface area contributed by atoms with Crippen LogP contribution < -0.4 is 10.6 Å². The first-order valence-electron chi connectivity index (χ1n) is 13.5. The average Bonchev–Trinajstić information content (AvgIpc) is 3.77. The van der Waals surface area contributed by atoms with Crippen LogP contribution >= 0.6 is 11.8 Å². The maximum atomic E-state index is 13.3. The van der Waals surface area contributed by atoms with Gasteiger partial charge in [0.25, 0.3) is 5.91 Å². The Kier molecular flexibility index (Phi) is 9.29. The summed E-state index contributed by atoms with van der Waals surface area (Å²) in [5, 5.41) is 6.55. The Balaban J connectivity index is 1.13. The van der Waals surface area contributed by atoms with E-state index in [4.69, 9.17) is 4.74 Å². The lowest BCUT2D eigenvalue weighted by atomic mass is 10.0. The Morgan fingerprint density at radius 2 is 1.64 bits per heavy atom. The molecular formula is C31H34FN3O3S. The fourth-order valence-electron chi connectivity index (χ4n) is 4.88. The quantitative estimate of drug-likeness (QED) is 0.350. The number of amides is 2. The number of hydrogen-bond donors (Lipinski definition) is 2. The van der Waals surface area contributed by atoms with E-state index in [2.05, 4.69) is 10.6 Å². The summed E-state index contributed by atoms with van der Waals surface area (Å²) in [7, 11) is 0. The maximum Gasteiger partial charge on any atom is 0.251 e. The van der Waals surface area contributed by atoms with Crippen LogP contribution in [0.25, 0.3) is 11.1 Å². The van der Waals surface area contributed by atoms with E-state index in [1.165, 1.54) is 12.1 Å². The molecular weight excluding hydrogens is 513 g/mol. The fraction of sp³-hybridized carbons (Fsp3) is 0.355. The van der Waals surface area contributed by atoms with Crippen molar-refractivity contribution in [2.24, 2.45) is 0 Å². The first kappa shape index (κ1) is 27.4. The molecule has 2 fully saturated rings. The van der Waals surface area contributed by atoms with Gasteiger partial charge in [-0.05, 0) is 47.4 Å². The number of carbonyl (C=O) groups excluding carboxylic acids is 2. The molecule has 6 nitrogen and oxygen atoms in total. The summed E-state index contributed by atoms with van der Waals surface area (Å²) in [6, 6.07) is 24.0. The number of nitrogens with one attached hydrogen (secondary N) is 2. The molecule has 3 atom stereocenters. The molecule has 1 heterocycles. The summed E-state index contributed by atoms with van der Waals surface area (Å²) in [6.45, 7) is 2.91. The zero-order chi connectivity index (χ0) is 27.0. The zero-order valence-electron chi connectivity index (χ0n) is 21.9. The predicted octanol–water partition coefficient (Wildman–Crippen LogP) is 4.33. The molecule has 0 aromatic heterocycles. The van der Waals surface area contributed by atoms with Crippen molar-refractivity contribution >= 4 is 23.6 Å². The van der Waals surface area contributed by atoms with E-state index >= 15 is 0 Å². The SMILES string of the molecule is O=C(N[C@@H](CSCCNC1C[C@H]1c1ccc(F)cc1)C(=O)N1CCOCC1)c1ccc(-c2ccccc2)cc1. The highest BCUT2D eigenvalue weighted by Crippen LogP contribution is 2.40. The Labute approximate surface area is 233 Å². The van der Waals surface area contributed by atoms with Crippen LogP contribution in [-0.4, -0.2) is 73.2 Å². The molecule has 204 valence electrons. The van der Waals surface area contributed by atoms with Crippen molar-refractivity contribution in [2.75, 3.05) is 44.4 Å². The summed E-state index contributed by atoms with van der Waals surface area (Å²) < 4.78 is 18.6. The third-order valence-corrected chi connectivity index (χ3v) is 8.27. The molecule has 39 heavy (non-hydrogen) atoms. The third kappa shape index (κ3) is 7.47. The second kappa shape index (κ2) is 13.2. The normalized spacial score (nSPS) is 19.4. The van der Waals surface area contributed by atoms with Gasteiger partial charge in [-0.3, -0.25) is 9.59 Å². The monoisotopic (exact) mass is 547 g/mol. The predicted molar refractivity (Wildman–Crippen MR) is 153 cm³/mol. The number of halogens is 1. The van der Waals surface area contributed by atoms with Crippen molar-refractivity contribution in [3.05, 3.63) is 95.8 Å². The van der Waals surface area contributed by atoms with Crippen LogP contribution in [0.3, 0.4) is 0 Å². The molecule has 5 rings (SSSR count). The van der Waals surface area contributed by atoms with Crippen molar-refractivity contribution in [3.63, 3.8) is 0 Å². The minimum atomic E-state index is -0.609. The molecule has 0 radical (unpaired) electrons. The minimum Gasteiger partial charge on any atom is -0.378 e. The molecule has 1 aliphatic carbocycles. The van der Waals surface area contributed by atoms with Gasteiger partial charge >= 0.3 is 0 Å². The lowest BCUT2D eigenvalue weighted by molar-refractivity contribution is -0.136. The van der Waals surface area contributed by atoms with Gasteiger partial charge in [-0.25, -0.2) is 4.39 Å². The lowest BCUT2D eigenvalue weighted by Gasteiger charge is -2.30. The van der Waals surface area contributed by atoms with Crippen molar-refractivity contribution in [1.82, 2.24) is 15.5 Å². The lowest BCUT2D eigenvalue weighted by Crippen LogP contribution is -2.53. The molecule has 2 N–H and O–H groups in total. The van der Waals surface area contributed by atoms with Crippen LogP contribution in [0.1, 0.15) is 28.3 Å². The second-order valence-electron chi connectivity index (χ2n) is 9.94. The van der Waals surface area contributed by atoms with E-state index in [1.807, 2.05) is 54.6 Å². The number of benzene rings is 3. The van der Waals surface area contributed by atoms with Gasteiger partial charge in [-0.1, -0.05) is 54.6 Å². The molecule has 1 saturated carbocycles. The van der Waals surface area contributed by atoms with Gasteiger partial charge in [0.1, 0.15) is 11.9 Å². The molecule has 1 aliphatic heterocycles. The van der Waals surface area contributed by atoms with Crippen molar-refractivity contribution in [1.29, 1.82) is 0 Å². The zero-order valence-corrected chi connectivity index (χ0v) is 22.7. The molecule has 0 bridgehead atoms. The Morgan fingerprint density at radius 1 is 0.949 bits per heavy atom. The second-order valence-corrected chi connectivity index (χ2v) is 11.1. The van der Waals surface area contributed by atoms with Crippen LogP contribution in [0.4, 0.5) is 4.39 Å². The van der Waals surface area contributed by atoms with Crippen LogP contribution in [0.2, 0.25) is 0 Å². The van der Waals surface area contributed by atoms with Gasteiger partial charge in [-0.2, -0.15) is 11.8 Å². The summed E-state index contributed by atoms with van der Waals surface area (Å²) >= 11 is 1.65. The molecule has 0 spiro atoms. The van der Waals surface area contributed by atoms with Crippen molar-refractivity contribution in [3.8, 4) is 11.1 Å². The standard InChI is InChI=1S/C31H34FN3O3S/c32-26-12-10-24(11-13-26)27-20-28(27)33-14-19-39-21-29(31(37)35-15-17-38-18-16-35)34-30(36)25-8-6-23(7-9-25)22-4-2-1-3-5-22/h1-13,27-29,33H,14-21H2,(H,34,36)/t27-,28?,29-/m0/s1. The first-order chi connectivity index (χ1) is 19.1. The first-order valence-corrected chi connectivity index (χ1v) is 14.6. The van der Waals surface area contributed by atoms with Crippen LogP contribution in [0, 0.1) is 5.82 Å². The van der Waals surface area contributed by atoms with E-state index in [1.54, 1.807) is 28.8 Å². The maximum absolute atomic E-state index is 13.3. The van der Waals surface area contributed by atoms with Crippen molar-refractivity contribution in [2.45, 2.75) is 24.4 Å². The molecule has 3 aromatic rings. The van der Waals surface area contributed by atoms with Crippen LogP contribution in [-0.2, 0) is 9.53 Å². The molecule has 1 saturated heterocycles. The third-order valence-electron chi connectivity index (χ3n) is 7.21. The van der Waals surface area contributed by atoms with Crippen LogP contribution in [0.15, 0.2) is 78.9 Å². The Morgan fingerprint density at radius 3 is 2.36 bits per heavy atom. The highest BCUT2D eigenvalue weighted by molar-refractivity contribution is 7.99. The number of thioether (sulfide) groups is 1. The number of nitrogens with zero attached hydrogens (tertiary/aromatic N) is 1. The summed E-state index contributed by atoms with van der Waals surface area (Å²) in [4.78, 5) is 28.2. The number of morpholine rings is 1. The number of ether oxygens (including phenoxy) is 1. The Bertz CT molecular complexity index is 1230. The summed E-state index contributed by atoms with van der Waals surface area (Å²) in [5.74, 6) is 1.22. The van der Waals surface area contributed by atoms with E-state index in [0.29, 0.717) is 49.6 Å². The van der Waals surface area contributed by atoms with E-state index in [-0.39, 0.29) is 17.6 Å². The minimum absolute atomic E-state index is 0.0634. The molecule has 2 amide bonds. The fourth-order valence-corrected chi connectivity index (χ4v) is 5.77. The van der Waals surface area contributed by atoms with E-state index in [9.17, 15) is 14.0 Å².